The minimum absolute atomic E-state index is 0.126. The molecular weight excluding hydrogens is 341 g/mol. The number of benzene rings is 2. The number of carbonyl (C=O) groups excluding carboxylic acids is 1. The maximum Gasteiger partial charge on any atom is 0.225 e. The third kappa shape index (κ3) is 3.90. The molecule has 2 aromatic carbocycles. The monoisotopic (exact) mass is 361 g/mol. The second kappa shape index (κ2) is 7.78. The number of thioether (sulfide) groups is 1. The Morgan fingerprint density at radius 2 is 2.12 bits per heavy atom. The van der Waals surface area contributed by atoms with Crippen LogP contribution in [0, 0.1) is 5.82 Å². The van der Waals surface area contributed by atoms with Crippen LogP contribution >= 0.6 is 11.8 Å². The van der Waals surface area contributed by atoms with Gasteiger partial charge in [0.05, 0.1) is 26.7 Å². The highest BCUT2D eigenvalue weighted by Gasteiger charge is 2.24. The summed E-state index contributed by atoms with van der Waals surface area (Å²) in [6, 6.07) is 10.2. The van der Waals surface area contributed by atoms with Gasteiger partial charge in [-0.15, -0.1) is 11.8 Å². The lowest BCUT2D eigenvalue weighted by molar-refractivity contribution is -0.121. The van der Waals surface area contributed by atoms with Crippen LogP contribution in [0.25, 0.3) is 0 Å². The van der Waals surface area contributed by atoms with Crippen LogP contribution in [0.3, 0.4) is 0 Å². The third-order valence-corrected chi connectivity index (χ3v) is 5.36. The summed E-state index contributed by atoms with van der Waals surface area (Å²) in [6.45, 7) is 0. The third-order valence-electron chi connectivity index (χ3n) is 4.20. The van der Waals surface area contributed by atoms with Crippen LogP contribution in [0.2, 0.25) is 0 Å². The number of fused-ring (bicyclic) bond motifs is 1. The molecule has 0 aromatic heterocycles. The van der Waals surface area contributed by atoms with Crippen LogP contribution in [-0.2, 0) is 11.2 Å². The standard InChI is InChI=1S/C19H20FNO3S/c1-23-13-6-7-17(24-2)12(10-13)11-18(22)21-16-8-9-25-19-14(16)4-3-5-15(19)20/h3-7,10,16H,8-9,11H2,1-2H3,(H,21,22). The molecule has 0 radical (unpaired) electrons. The summed E-state index contributed by atoms with van der Waals surface area (Å²) in [4.78, 5) is 13.2. The molecule has 3 rings (SSSR count). The zero-order valence-electron chi connectivity index (χ0n) is 14.2. The first kappa shape index (κ1) is 17.6. The number of ether oxygens (including phenoxy) is 2. The van der Waals surface area contributed by atoms with Gasteiger partial charge in [0, 0.05) is 16.2 Å². The molecule has 2 aromatic rings. The highest BCUT2D eigenvalue weighted by atomic mass is 32.2. The molecule has 0 spiro atoms. The quantitative estimate of drug-likeness (QED) is 0.881. The second-order valence-corrected chi connectivity index (χ2v) is 6.88. The Morgan fingerprint density at radius 3 is 2.88 bits per heavy atom. The van der Waals surface area contributed by atoms with E-state index in [-0.39, 0.29) is 24.2 Å². The van der Waals surface area contributed by atoms with E-state index >= 15 is 0 Å². The lowest BCUT2D eigenvalue weighted by atomic mass is 10.0. The van der Waals surface area contributed by atoms with E-state index in [9.17, 15) is 9.18 Å². The number of hydrogen-bond acceptors (Lipinski definition) is 4. The molecule has 1 aliphatic rings. The van der Waals surface area contributed by atoms with Crippen LogP contribution in [-0.4, -0.2) is 25.9 Å². The first-order valence-electron chi connectivity index (χ1n) is 8.04. The smallest absolute Gasteiger partial charge is 0.225 e. The van der Waals surface area contributed by atoms with E-state index in [0.29, 0.717) is 16.4 Å². The SMILES string of the molecule is COc1ccc(OC)c(CC(=O)NC2CCSc3c(F)cccc32)c1. The van der Waals surface area contributed by atoms with Crippen LogP contribution < -0.4 is 14.8 Å². The van der Waals surface area contributed by atoms with Crippen molar-refractivity contribution >= 4 is 17.7 Å². The molecule has 6 heteroatoms. The van der Waals surface area contributed by atoms with Gasteiger partial charge < -0.3 is 14.8 Å². The normalized spacial score (nSPS) is 16.0. The Morgan fingerprint density at radius 1 is 1.28 bits per heavy atom. The van der Waals surface area contributed by atoms with Crippen LogP contribution in [0.5, 0.6) is 11.5 Å². The highest BCUT2D eigenvalue weighted by molar-refractivity contribution is 7.99. The Balaban J connectivity index is 1.75. The van der Waals surface area contributed by atoms with E-state index in [1.54, 1.807) is 38.5 Å². The Bertz CT molecular complexity index is 781. The van der Waals surface area contributed by atoms with Crippen molar-refractivity contribution in [1.82, 2.24) is 5.32 Å². The molecule has 1 unspecified atom stereocenters. The average Bonchev–Trinajstić information content (AvgIpc) is 2.62. The molecule has 0 aliphatic carbocycles. The first-order chi connectivity index (χ1) is 12.1. The summed E-state index contributed by atoms with van der Waals surface area (Å²) in [6.07, 6.45) is 0.955. The number of halogens is 1. The molecule has 1 atom stereocenters. The summed E-state index contributed by atoms with van der Waals surface area (Å²) < 4.78 is 24.5. The van der Waals surface area contributed by atoms with Gasteiger partial charge in [-0.1, -0.05) is 12.1 Å². The van der Waals surface area contributed by atoms with Crippen molar-refractivity contribution in [2.45, 2.75) is 23.8 Å². The maximum atomic E-state index is 13.9. The number of methoxy groups -OCH3 is 2. The van der Waals surface area contributed by atoms with E-state index in [0.717, 1.165) is 23.3 Å². The van der Waals surface area contributed by atoms with Crippen LogP contribution in [0.4, 0.5) is 4.39 Å². The van der Waals surface area contributed by atoms with E-state index in [4.69, 9.17) is 9.47 Å². The van der Waals surface area contributed by atoms with Crippen molar-refractivity contribution in [2.24, 2.45) is 0 Å². The molecule has 1 heterocycles. The molecular formula is C19H20FNO3S. The van der Waals surface area contributed by atoms with Gasteiger partial charge in [0.1, 0.15) is 17.3 Å². The Labute approximate surface area is 150 Å². The predicted octanol–water partition coefficient (Wildman–Crippen LogP) is 3.74. The fourth-order valence-electron chi connectivity index (χ4n) is 2.97. The fraction of sp³-hybridized carbons (Fsp3) is 0.316. The summed E-state index contributed by atoms with van der Waals surface area (Å²) in [5.41, 5.74) is 1.60. The number of amides is 1. The van der Waals surface area contributed by atoms with E-state index in [1.165, 1.54) is 17.8 Å². The topological polar surface area (TPSA) is 47.6 Å². The molecule has 0 bridgehead atoms. The lowest BCUT2D eigenvalue weighted by Gasteiger charge is -2.26. The van der Waals surface area contributed by atoms with Gasteiger partial charge in [0.15, 0.2) is 0 Å². The average molecular weight is 361 g/mol. The largest absolute Gasteiger partial charge is 0.497 e. The van der Waals surface area contributed by atoms with E-state index in [2.05, 4.69) is 5.32 Å². The van der Waals surface area contributed by atoms with Crippen molar-refractivity contribution < 1.29 is 18.7 Å². The summed E-state index contributed by atoms with van der Waals surface area (Å²) in [5.74, 6) is 1.74. The zero-order valence-corrected chi connectivity index (χ0v) is 15.0. The molecule has 0 fully saturated rings. The lowest BCUT2D eigenvalue weighted by Crippen LogP contribution is -2.32. The van der Waals surface area contributed by atoms with Gasteiger partial charge in [0.2, 0.25) is 5.91 Å². The number of nitrogens with one attached hydrogen (secondary N) is 1. The molecule has 132 valence electrons. The van der Waals surface area contributed by atoms with E-state index in [1.807, 2.05) is 6.07 Å². The Kier molecular flexibility index (Phi) is 5.48. The molecule has 1 aliphatic heterocycles. The van der Waals surface area contributed by atoms with Crippen LogP contribution in [0.1, 0.15) is 23.6 Å². The van der Waals surface area contributed by atoms with Gasteiger partial charge in [-0.3, -0.25) is 4.79 Å². The summed E-state index contributed by atoms with van der Waals surface area (Å²) >= 11 is 1.50. The second-order valence-electron chi connectivity index (χ2n) is 5.77. The Hall–Kier alpha value is -2.21. The molecule has 0 saturated carbocycles. The molecule has 1 N–H and O–H groups in total. The number of hydrogen-bond donors (Lipinski definition) is 1. The maximum absolute atomic E-state index is 13.9. The fourth-order valence-corrected chi connectivity index (χ4v) is 4.12. The molecule has 1 amide bonds. The van der Waals surface area contributed by atoms with Crippen molar-refractivity contribution in [3.8, 4) is 11.5 Å². The van der Waals surface area contributed by atoms with E-state index < -0.39 is 0 Å². The number of rotatable bonds is 5. The molecule has 0 saturated heterocycles. The van der Waals surface area contributed by atoms with Gasteiger partial charge in [-0.05, 0) is 36.2 Å². The van der Waals surface area contributed by atoms with Crippen molar-refractivity contribution in [3.05, 3.63) is 53.3 Å². The van der Waals surface area contributed by atoms with Gasteiger partial charge in [-0.2, -0.15) is 0 Å². The predicted molar refractivity (Wildman–Crippen MR) is 95.9 cm³/mol. The van der Waals surface area contributed by atoms with Crippen molar-refractivity contribution in [3.63, 3.8) is 0 Å². The first-order valence-corrected chi connectivity index (χ1v) is 9.02. The van der Waals surface area contributed by atoms with Gasteiger partial charge >= 0.3 is 0 Å². The summed E-state index contributed by atoms with van der Waals surface area (Å²) in [7, 11) is 3.15. The number of carbonyl (C=O) groups is 1. The molecule has 25 heavy (non-hydrogen) atoms. The van der Waals surface area contributed by atoms with Gasteiger partial charge in [-0.25, -0.2) is 4.39 Å². The van der Waals surface area contributed by atoms with Gasteiger partial charge in [0.25, 0.3) is 0 Å². The zero-order chi connectivity index (χ0) is 17.8. The van der Waals surface area contributed by atoms with Crippen LogP contribution in [0.15, 0.2) is 41.3 Å². The van der Waals surface area contributed by atoms with Crippen molar-refractivity contribution in [1.29, 1.82) is 0 Å². The minimum Gasteiger partial charge on any atom is -0.497 e. The van der Waals surface area contributed by atoms with Crippen molar-refractivity contribution in [2.75, 3.05) is 20.0 Å². The molecule has 4 nitrogen and oxygen atoms in total. The highest BCUT2D eigenvalue weighted by Crippen LogP contribution is 2.37. The summed E-state index contributed by atoms with van der Waals surface area (Å²) in [5, 5.41) is 3.02. The minimum atomic E-state index is -0.226.